The Morgan fingerprint density at radius 1 is 0.727 bits per heavy atom. The summed E-state index contributed by atoms with van der Waals surface area (Å²) < 4.78 is 10.5. The van der Waals surface area contributed by atoms with E-state index in [1.165, 1.54) is 0 Å². The van der Waals surface area contributed by atoms with Gasteiger partial charge in [-0.2, -0.15) is 0 Å². The van der Waals surface area contributed by atoms with Crippen LogP contribution in [0.1, 0.15) is 25.7 Å². The van der Waals surface area contributed by atoms with E-state index in [9.17, 15) is 9.59 Å². The normalized spacial score (nSPS) is 23.3. The summed E-state index contributed by atoms with van der Waals surface area (Å²) in [5, 5.41) is 0. The molecule has 0 spiro atoms. The van der Waals surface area contributed by atoms with Gasteiger partial charge in [-0.15, -0.1) is 0 Å². The van der Waals surface area contributed by atoms with Gasteiger partial charge in [-0.3, -0.25) is 19.4 Å². The molecule has 22 heavy (non-hydrogen) atoms. The van der Waals surface area contributed by atoms with Gasteiger partial charge in [-0.25, -0.2) is 0 Å². The molecule has 6 nitrogen and oxygen atoms in total. The van der Waals surface area contributed by atoms with E-state index in [0.717, 1.165) is 65.0 Å². The summed E-state index contributed by atoms with van der Waals surface area (Å²) in [7, 11) is 0. The van der Waals surface area contributed by atoms with Crippen LogP contribution in [0.3, 0.4) is 0 Å². The summed E-state index contributed by atoms with van der Waals surface area (Å²) in [6.07, 6.45) is 4.01. The summed E-state index contributed by atoms with van der Waals surface area (Å²) in [5.41, 5.74) is 0. The minimum atomic E-state index is -0.0175. The molecular formula is C16H26N2O4. The van der Waals surface area contributed by atoms with Crippen LogP contribution in [-0.2, 0) is 19.1 Å². The van der Waals surface area contributed by atoms with Gasteiger partial charge >= 0.3 is 11.9 Å². The lowest BCUT2D eigenvalue weighted by Crippen LogP contribution is -2.48. The third-order valence-corrected chi connectivity index (χ3v) is 4.59. The zero-order valence-corrected chi connectivity index (χ0v) is 13.2. The van der Waals surface area contributed by atoms with Crippen LogP contribution in [0.5, 0.6) is 0 Å². The van der Waals surface area contributed by atoms with E-state index in [-0.39, 0.29) is 23.8 Å². The maximum atomic E-state index is 11.4. The molecule has 0 aromatic rings. The Hall–Kier alpha value is -1.14. The van der Waals surface area contributed by atoms with E-state index in [1.807, 2.05) is 0 Å². The molecule has 6 heteroatoms. The first-order chi connectivity index (χ1) is 10.7. The predicted molar refractivity (Wildman–Crippen MR) is 80.2 cm³/mol. The number of rotatable bonds is 8. The second-order valence-electron chi connectivity index (χ2n) is 6.57. The summed E-state index contributed by atoms with van der Waals surface area (Å²) in [6, 6.07) is 0. The SMILES string of the molecule is O=C(OCCN1CCN(CCOC(=O)C2CC2)CC1)C1CC1. The van der Waals surface area contributed by atoms with Crippen LogP contribution >= 0.6 is 0 Å². The number of carbonyl (C=O) groups excluding carboxylic acids is 2. The average molecular weight is 310 g/mol. The Balaban J connectivity index is 1.21. The van der Waals surface area contributed by atoms with E-state index < -0.39 is 0 Å². The van der Waals surface area contributed by atoms with Gasteiger partial charge in [0.1, 0.15) is 13.2 Å². The monoisotopic (exact) mass is 310 g/mol. The van der Waals surface area contributed by atoms with Crippen molar-refractivity contribution in [3.05, 3.63) is 0 Å². The highest BCUT2D eigenvalue weighted by molar-refractivity contribution is 5.75. The number of carbonyl (C=O) groups is 2. The molecule has 0 N–H and O–H groups in total. The quantitative estimate of drug-likeness (QED) is 0.609. The molecule has 124 valence electrons. The first kappa shape index (κ1) is 15.7. The number of nitrogens with zero attached hydrogens (tertiary/aromatic N) is 2. The fourth-order valence-electron chi connectivity index (χ4n) is 2.66. The van der Waals surface area contributed by atoms with E-state index in [2.05, 4.69) is 9.80 Å². The highest BCUT2D eigenvalue weighted by Crippen LogP contribution is 2.30. The Morgan fingerprint density at radius 3 is 1.41 bits per heavy atom. The fourth-order valence-corrected chi connectivity index (χ4v) is 2.66. The molecule has 3 aliphatic rings. The molecule has 0 radical (unpaired) electrons. The van der Waals surface area contributed by atoms with E-state index in [0.29, 0.717) is 13.2 Å². The highest BCUT2D eigenvalue weighted by Gasteiger charge is 2.32. The van der Waals surface area contributed by atoms with Crippen molar-refractivity contribution >= 4 is 11.9 Å². The lowest BCUT2D eigenvalue weighted by atomic mass is 10.3. The van der Waals surface area contributed by atoms with Crippen molar-refractivity contribution in [2.75, 3.05) is 52.5 Å². The summed E-state index contributed by atoms with van der Waals surface area (Å²) in [4.78, 5) is 27.5. The molecule has 3 fully saturated rings. The number of esters is 2. The summed E-state index contributed by atoms with van der Waals surface area (Å²) in [6.45, 7) is 6.60. The van der Waals surface area contributed by atoms with Crippen molar-refractivity contribution < 1.29 is 19.1 Å². The second kappa shape index (κ2) is 7.42. The predicted octanol–water partition coefficient (Wildman–Crippen LogP) is 0.510. The lowest BCUT2D eigenvalue weighted by Gasteiger charge is -2.34. The Kier molecular flexibility index (Phi) is 5.31. The Morgan fingerprint density at radius 2 is 1.09 bits per heavy atom. The minimum absolute atomic E-state index is 0.0175. The van der Waals surface area contributed by atoms with Crippen LogP contribution in [0.25, 0.3) is 0 Å². The zero-order chi connectivity index (χ0) is 15.4. The Labute approximate surface area is 131 Å². The molecule has 0 unspecified atom stereocenters. The molecule has 0 aromatic heterocycles. The van der Waals surface area contributed by atoms with Crippen molar-refractivity contribution in [2.24, 2.45) is 11.8 Å². The van der Waals surface area contributed by atoms with Gasteiger partial charge in [0.25, 0.3) is 0 Å². The van der Waals surface area contributed by atoms with Crippen molar-refractivity contribution in [3.63, 3.8) is 0 Å². The van der Waals surface area contributed by atoms with Crippen LogP contribution in [0.2, 0.25) is 0 Å². The summed E-state index contributed by atoms with van der Waals surface area (Å²) >= 11 is 0. The van der Waals surface area contributed by atoms with Gasteiger partial charge in [-0.05, 0) is 25.7 Å². The molecule has 1 aliphatic heterocycles. The van der Waals surface area contributed by atoms with Gasteiger partial charge < -0.3 is 9.47 Å². The average Bonchev–Trinajstić information content (AvgIpc) is 3.41. The first-order valence-electron chi connectivity index (χ1n) is 8.50. The highest BCUT2D eigenvalue weighted by atomic mass is 16.5. The van der Waals surface area contributed by atoms with Gasteiger partial charge in [-0.1, -0.05) is 0 Å². The lowest BCUT2D eigenvalue weighted by molar-refractivity contribution is -0.147. The van der Waals surface area contributed by atoms with Gasteiger partial charge in [0.2, 0.25) is 0 Å². The largest absolute Gasteiger partial charge is 0.464 e. The van der Waals surface area contributed by atoms with Gasteiger partial charge in [0.05, 0.1) is 11.8 Å². The van der Waals surface area contributed by atoms with Gasteiger partial charge in [0.15, 0.2) is 0 Å². The third-order valence-electron chi connectivity index (χ3n) is 4.59. The number of ether oxygens (including phenoxy) is 2. The topological polar surface area (TPSA) is 59.1 Å². The molecule has 1 saturated heterocycles. The molecule has 0 aromatic carbocycles. The molecule has 2 aliphatic carbocycles. The minimum Gasteiger partial charge on any atom is -0.464 e. The van der Waals surface area contributed by atoms with Crippen LogP contribution in [0.15, 0.2) is 0 Å². The van der Waals surface area contributed by atoms with Crippen LogP contribution in [-0.4, -0.2) is 74.2 Å². The molecule has 0 amide bonds. The van der Waals surface area contributed by atoms with Crippen molar-refractivity contribution in [1.82, 2.24) is 9.80 Å². The molecule has 3 rings (SSSR count). The van der Waals surface area contributed by atoms with Crippen LogP contribution in [0.4, 0.5) is 0 Å². The standard InChI is InChI=1S/C16H26N2O4/c19-15(13-1-2-13)21-11-9-17-5-7-18(8-6-17)10-12-22-16(20)14-3-4-14/h13-14H,1-12H2. The number of hydrogen-bond acceptors (Lipinski definition) is 6. The molecule has 2 saturated carbocycles. The van der Waals surface area contributed by atoms with Crippen molar-refractivity contribution in [1.29, 1.82) is 0 Å². The summed E-state index contributed by atoms with van der Waals surface area (Å²) in [5.74, 6) is 0.345. The maximum Gasteiger partial charge on any atom is 0.308 e. The maximum absolute atomic E-state index is 11.4. The number of piperazine rings is 1. The van der Waals surface area contributed by atoms with Crippen molar-refractivity contribution in [3.8, 4) is 0 Å². The van der Waals surface area contributed by atoms with Crippen LogP contribution < -0.4 is 0 Å². The van der Waals surface area contributed by atoms with E-state index >= 15 is 0 Å². The Bertz CT molecular complexity index is 361. The van der Waals surface area contributed by atoms with Crippen LogP contribution in [0, 0.1) is 11.8 Å². The molecule has 0 bridgehead atoms. The fraction of sp³-hybridized carbons (Fsp3) is 0.875. The third kappa shape index (κ3) is 4.95. The smallest absolute Gasteiger partial charge is 0.308 e. The number of hydrogen-bond donors (Lipinski definition) is 0. The molecular weight excluding hydrogens is 284 g/mol. The molecule has 1 heterocycles. The van der Waals surface area contributed by atoms with Gasteiger partial charge in [0, 0.05) is 39.3 Å². The molecule has 0 atom stereocenters. The van der Waals surface area contributed by atoms with E-state index in [1.54, 1.807) is 0 Å². The van der Waals surface area contributed by atoms with Crippen molar-refractivity contribution in [2.45, 2.75) is 25.7 Å². The first-order valence-corrected chi connectivity index (χ1v) is 8.50. The van der Waals surface area contributed by atoms with E-state index in [4.69, 9.17) is 9.47 Å². The zero-order valence-electron chi connectivity index (χ0n) is 13.2. The second-order valence-corrected chi connectivity index (χ2v) is 6.57.